The predicted molar refractivity (Wildman–Crippen MR) is 225 cm³/mol. The maximum absolute atomic E-state index is 12.4. The third kappa shape index (κ3) is 42.1. The Morgan fingerprint density at radius 3 is 1.60 bits per heavy atom. The van der Waals surface area contributed by atoms with Gasteiger partial charge < -0.3 is 19.3 Å². The van der Waals surface area contributed by atoms with Gasteiger partial charge >= 0.3 is 19.8 Å². The first kappa shape index (κ1) is 52.2. The number of ketones is 1. The van der Waals surface area contributed by atoms with Crippen molar-refractivity contribution >= 4 is 25.5 Å². The van der Waals surface area contributed by atoms with E-state index in [2.05, 4.69) is 48.8 Å². The summed E-state index contributed by atoms with van der Waals surface area (Å²) in [4.78, 5) is 54.5. The maximum atomic E-state index is 12.4. The zero-order valence-corrected chi connectivity index (χ0v) is 35.2. The molecule has 0 bridgehead atoms. The molecule has 0 unspecified atom stereocenters. The number of allylic oxidation sites excluding steroid dienone is 12. The van der Waals surface area contributed by atoms with Crippen LogP contribution >= 0.6 is 7.82 Å². The highest BCUT2D eigenvalue weighted by molar-refractivity contribution is 7.46. The number of carbonyl (C=O) groups excluding carboxylic acids is 3. The van der Waals surface area contributed by atoms with E-state index < -0.39 is 32.5 Å². The zero-order valence-electron chi connectivity index (χ0n) is 34.3. The Bertz CT molecular complexity index is 1180. The Hall–Kier alpha value is -2.84. The summed E-state index contributed by atoms with van der Waals surface area (Å²) in [6, 6.07) is 0. The molecule has 0 aromatic carbocycles. The topological polar surface area (TPSA) is 136 Å². The average Bonchev–Trinajstić information content (AvgIpc) is 3.15. The highest BCUT2D eigenvalue weighted by atomic mass is 31.2. The molecule has 0 aliphatic rings. The molecule has 0 amide bonds. The monoisotopic (exact) mass is 791 g/mol. The van der Waals surface area contributed by atoms with Crippen molar-refractivity contribution in [2.24, 2.45) is 0 Å². The van der Waals surface area contributed by atoms with Crippen LogP contribution in [0.1, 0.15) is 174 Å². The summed E-state index contributed by atoms with van der Waals surface area (Å²) in [5.74, 6) is -0.828. The van der Waals surface area contributed by atoms with Crippen LogP contribution in [0.5, 0.6) is 0 Å². The standard InChI is InChI=1S/C45H75O9P/c1-3-5-7-8-9-10-11-12-13-14-15-16-17-18-21-25-28-31-35-39-45(48)54-43(41-53-55(49,50)51)40-52-44(47)38-34-30-27-24-22-19-20-23-26-29-33-37-42(46)36-32-6-4-2/h9-10,12-13,19-20,24,26-27,29,33,37,43H,3-8,11,14-18,21-23,25,28,30-32,34-36,38-41H2,1-2H3,(H2,49,50,51)/b10-9-,13-12-,20-19-,27-24-,29-26-,37-33+/t43-/m1/s1. The normalized spacial score (nSPS) is 13.1. The van der Waals surface area contributed by atoms with E-state index in [1.54, 1.807) is 12.2 Å². The van der Waals surface area contributed by atoms with Gasteiger partial charge in [0.25, 0.3) is 0 Å². The van der Waals surface area contributed by atoms with Crippen LogP contribution in [0.4, 0.5) is 0 Å². The second-order valence-electron chi connectivity index (χ2n) is 14.0. The summed E-state index contributed by atoms with van der Waals surface area (Å²) in [5, 5.41) is 0. The summed E-state index contributed by atoms with van der Waals surface area (Å²) >= 11 is 0. The molecule has 2 N–H and O–H groups in total. The van der Waals surface area contributed by atoms with Crippen molar-refractivity contribution in [1.82, 2.24) is 0 Å². The highest BCUT2D eigenvalue weighted by Gasteiger charge is 2.22. The van der Waals surface area contributed by atoms with Crippen molar-refractivity contribution in [3.8, 4) is 0 Å². The second-order valence-corrected chi connectivity index (χ2v) is 15.2. The van der Waals surface area contributed by atoms with Crippen molar-refractivity contribution in [3.63, 3.8) is 0 Å². The molecule has 0 saturated carbocycles. The van der Waals surface area contributed by atoms with Crippen molar-refractivity contribution in [2.75, 3.05) is 13.2 Å². The first-order valence-corrected chi connectivity index (χ1v) is 22.7. The van der Waals surface area contributed by atoms with Gasteiger partial charge in [-0.05, 0) is 76.7 Å². The van der Waals surface area contributed by atoms with E-state index in [9.17, 15) is 18.9 Å². The average molecular weight is 791 g/mol. The van der Waals surface area contributed by atoms with Crippen molar-refractivity contribution in [1.29, 1.82) is 0 Å². The van der Waals surface area contributed by atoms with Gasteiger partial charge in [0.1, 0.15) is 6.61 Å². The molecule has 0 rings (SSSR count). The van der Waals surface area contributed by atoms with Gasteiger partial charge in [-0.2, -0.15) is 0 Å². The molecule has 0 aliphatic carbocycles. The van der Waals surface area contributed by atoms with E-state index >= 15 is 0 Å². The number of hydrogen-bond acceptors (Lipinski definition) is 7. The summed E-state index contributed by atoms with van der Waals surface area (Å²) in [6.07, 6.45) is 47.5. The molecule has 0 spiro atoms. The fraction of sp³-hybridized carbons (Fsp3) is 0.667. The molecule has 10 heteroatoms. The lowest BCUT2D eigenvalue weighted by atomic mass is 10.1. The molecule has 0 radical (unpaired) electrons. The molecule has 0 aromatic rings. The van der Waals surface area contributed by atoms with E-state index in [0.717, 1.165) is 64.2 Å². The lowest BCUT2D eigenvalue weighted by Crippen LogP contribution is -2.29. The lowest BCUT2D eigenvalue weighted by Gasteiger charge is -2.18. The number of esters is 2. The van der Waals surface area contributed by atoms with Crippen LogP contribution in [-0.4, -0.2) is 46.8 Å². The van der Waals surface area contributed by atoms with Gasteiger partial charge in [-0.15, -0.1) is 0 Å². The van der Waals surface area contributed by atoms with Gasteiger partial charge in [0.2, 0.25) is 0 Å². The van der Waals surface area contributed by atoms with E-state index in [1.165, 1.54) is 57.8 Å². The van der Waals surface area contributed by atoms with Crippen molar-refractivity contribution in [2.45, 2.75) is 180 Å². The number of hydrogen-bond donors (Lipinski definition) is 2. The maximum Gasteiger partial charge on any atom is 0.469 e. The van der Waals surface area contributed by atoms with E-state index in [-0.39, 0.29) is 25.2 Å². The molecule has 314 valence electrons. The van der Waals surface area contributed by atoms with Crippen LogP contribution in [0.15, 0.2) is 72.9 Å². The summed E-state index contributed by atoms with van der Waals surface area (Å²) in [6.45, 7) is 3.44. The lowest BCUT2D eigenvalue weighted by molar-refractivity contribution is -0.161. The van der Waals surface area contributed by atoms with E-state index in [1.807, 2.05) is 30.4 Å². The van der Waals surface area contributed by atoms with Crippen molar-refractivity contribution < 1.29 is 42.7 Å². The fourth-order valence-corrected chi connectivity index (χ4v) is 5.83. The Kier molecular flexibility index (Phi) is 37.4. The minimum absolute atomic E-state index is 0.161. The molecule has 9 nitrogen and oxygen atoms in total. The van der Waals surface area contributed by atoms with Gasteiger partial charge in [0.15, 0.2) is 11.9 Å². The van der Waals surface area contributed by atoms with Gasteiger partial charge in [0.05, 0.1) is 6.61 Å². The molecule has 0 aromatic heterocycles. The van der Waals surface area contributed by atoms with E-state index in [0.29, 0.717) is 25.7 Å². The van der Waals surface area contributed by atoms with Gasteiger partial charge in [-0.25, -0.2) is 4.57 Å². The molecule has 55 heavy (non-hydrogen) atoms. The molecular formula is C45H75O9P. The largest absolute Gasteiger partial charge is 0.469 e. The predicted octanol–water partition coefficient (Wildman–Crippen LogP) is 12.2. The minimum Gasteiger partial charge on any atom is -0.462 e. The van der Waals surface area contributed by atoms with Crippen LogP contribution in [-0.2, 0) is 32.9 Å². The number of phosphoric acid groups is 1. The molecule has 0 heterocycles. The summed E-state index contributed by atoms with van der Waals surface area (Å²) in [5.41, 5.74) is 0. The second kappa shape index (κ2) is 39.4. The van der Waals surface area contributed by atoms with Gasteiger partial charge in [-0.3, -0.25) is 18.9 Å². The molecule has 0 fully saturated rings. The minimum atomic E-state index is -4.78. The third-order valence-corrected chi connectivity index (χ3v) is 9.16. The summed E-state index contributed by atoms with van der Waals surface area (Å²) < 4.78 is 26.3. The Labute approximate surface area is 334 Å². The van der Waals surface area contributed by atoms with Crippen LogP contribution in [0.3, 0.4) is 0 Å². The van der Waals surface area contributed by atoms with Crippen LogP contribution < -0.4 is 0 Å². The van der Waals surface area contributed by atoms with Crippen LogP contribution in [0.2, 0.25) is 0 Å². The number of ether oxygens (including phenoxy) is 2. The quantitative estimate of drug-likeness (QED) is 0.0156. The molecule has 1 atom stereocenters. The number of phosphoric ester groups is 1. The van der Waals surface area contributed by atoms with Crippen LogP contribution in [0.25, 0.3) is 0 Å². The first-order valence-electron chi connectivity index (χ1n) is 21.2. The number of rotatable bonds is 38. The SMILES string of the molecule is CCCCC/C=C\C/C=C\CCCCCCCCCCCC(=O)O[C@H](COC(=O)CCC/C=C\C/C=C\C/C=C\C=C\C(=O)CCCCC)COP(=O)(O)O. The summed E-state index contributed by atoms with van der Waals surface area (Å²) in [7, 11) is -4.78. The highest BCUT2D eigenvalue weighted by Crippen LogP contribution is 2.36. The Morgan fingerprint density at radius 2 is 1.00 bits per heavy atom. The third-order valence-electron chi connectivity index (χ3n) is 8.67. The molecule has 0 aliphatic heterocycles. The van der Waals surface area contributed by atoms with Gasteiger partial charge in [-0.1, -0.05) is 151 Å². The van der Waals surface area contributed by atoms with Crippen molar-refractivity contribution in [3.05, 3.63) is 72.9 Å². The Morgan fingerprint density at radius 1 is 0.527 bits per heavy atom. The van der Waals surface area contributed by atoms with Crippen LogP contribution in [0, 0.1) is 0 Å². The smallest absolute Gasteiger partial charge is 0.462 e. The number of unbranched alkanes of at least 4 members (excludes halogenated alkanes) is 15. The first-order chi connectivity index (χ1) is 26.7. The zero-order chi connectivity index (χ0) is 40.5. The Balaban J connectivity index is 4.06. The molecular weight excluding hydrogens is 715 g/mol. The van der Waals surface area contributed by atoms with E-state index in [4.69, 9.17) is 19.3 Å². The fourth-order valence-electron chi connectivity index (χ4n) is 5.47. The van der Waals surface area contributed by atoms with Gasteiger partial charge in [0, 0.05) is 19.3 Å². The molecule has 0 saturated heterocycles. The number of carbonyl (C=O) groups is 3.